The largest absolute Gasteiger partial charge is 0.494 e. The van der Waals surface area contributed by atoms with E-state index in [1.54, 1.807) is 36.3 Å². The molecule has 2 aromatic heterocycles. The molecule has 1 fully saturated rings. The average molecular weight is 454 g/mol. The molecule has 0 saturated carbocycles. The van der Waals surface area contributed by atoms with Crippen molar-refractivity contribution in [1.82, 2.24) is 29.9 Å². The first-order chi connectivity index (χ1) is 15.9. The molecular formula is C20H22N8O5. The number of nitrogens with one attached hydrogen (secondary N) is 2. The highest BCUT2D eigenvalue weighted by Crippen LogP contribution is 2.37. The van der Waals surface area contributed by atoms with Crippen LogP contribution in [-0.4, -0.2) is 80.4 Å². The molecule has 33 heavy (non-hydrogen) atoms. The number of aliphatic hydroxyl groups excluding tert-OH is 1. The second-order valence-electron chi connectivity index (χ2n) is 7.23. The van der Waals surface area contributed by atoms with E-state index in [1.807, 2.05) is 0 Å². The van der Waals surface area contributed by atoms with Gasteiger partial charge in [0.1, 0.15) is 6.33 Å². The molecule has 0 aliphatic carbocycles. The van der Waals surface area contributed by atoms with Gasteiger partial charge in [0.05, 0.1) is 50.4 Å². The van der Waals surface area contributed by atoms with E-state index in [2.05, 4.69) is 30.9 Å². The fourth-order valence-corrected chi connectivity index (χ4v) is 3.24. The molecule has 0 bridgehead atoms. The Labute approximate surface area is 188 Å². The van der Waals surface area contributed by atoms with E-state index in [4.69, 9.17) is 9.47 Å². The Morgan fingerprint density at radius 2 is 1.97 bits per heavy atom. The number of amides is 2. The molecule has 3 heterocycles. The summed E-state index contributed by atoms with van der Waals surface area (Å²) in [7, 11) is 4.49. The number of aliphatic hydroxyl groups is 1. The zero-order valence-corrected chi connectivity index (χ0v) is 18.1. The van der Waals surface area contributed by atoms with Crippen LogP contribution in [0.3, 0.4) is 0 Å². The Bertz CT molecular complexity index is 1190. The first-order valence-corrected chi connectivity index (χ1v) is 9.89. The number of hydrogen-bond donors (Lipinski definition) is 3. The molecule has 3 aromatic rings. The zero-order chi connectivity index (χ0) is 23.5. The summed E-state index contributed by atoms with van der Waals surface area (Å²) in [6.45, 7) is 0.465. The molecule has 0 radical (unpaired) electrons. The van der Waals surface area contributed by atoms with Crippen molar-refractivity contribution in [2.24, 2.45) is 7.05 Å². The molecule has 1 aliphatic heterocycles. The minimum absolute atomic E-state index is 0.0849. The van der Waals surface area contributed by atoms with E-state index < -0.39 is 18.1 Å². The molecule has 0 unspecified atom stereocenters. The molecule has 13 heteroatoms. The van der Waals surface area contributed by atoms with Gasteiger partial charge in [0.2, 0.25) is 0 Å². The average Bonchev–Trinajstić information content (AvgIpc) is 3.22. The van der Waals surface area contributed by atoms with Gasteiger partial charge in [-0.3, -0.25) is 10.00 Å². The third kappa shape index (κ3) is 4.52. The molecule has 1 aromatic carbocycles. The van der Waals surface area contributed by atoms with Gasteiger partial charge in [0.15, 0.2) is 23.1 Å². The number of urea groups is 1. The zero-order valence-electron chi connectivity index (χ0n) is 18.1. The van der Waals surface area contributed by atoms with E-state index in [9.17, 15) is 14.7 Å². The number of ether oxygens (including phenoxy) is 2. The van der Waals surface area contributed by atoms with Crippen molar-refractivity contribution in [2.45, 2.75) is 6.10 Å². The van der Waals surface area contributed by atoms with Gasteiger partial charge in [0.25, 0.3) is 0 Å². The van der Waals surface area contributed by atoms with Gasteiger partial charge in [0, 0.05) is 13.1 Å². The number of carbonyl (C=O) groups is 2. The molecule has 3 N–H and O–H groups in total. The second-order valence-corrected chi connectivity index (χ2v) is 7.23. The van der Waals surface area contributed by atoms with Gasteiger partial charge in [-0.25, -0.2) is 14.6 Å². The predicted octanol–water partition coefficient (Wildman–Crippen LogP) is 1.02. The second kappa shape index (κ2) is 9.08. The number of anilines is 3. The van der Waals surface area contributed by atoms with Crippen molar-refractivity contribution < 1.29 is 24.2 Å². The summed E-state index contributed by atoms with van der Waals surface area (Å²) in [6.07, 6.45) is 1.04. The third-order valence-electron chi connectivity index (χ3n) is 4.89. The van der Waals surface area contributed by atoms with Crippen LogP contribution in [0.4, 0.5) is 22.0 Å². The van der Waals surface area contributed by atoms with Gasteiger partial charge in [-0.05, 0) is 12.1 Å². The summed E-state index contributed by atoms with van der Waals surface area (Å²) in [4.78, 5) is 30.2. The summed E-state index contributed by atoms with van der Waals surface area (Å²) >= 11 is 0. The number of rotatable bonds is 6. The number of likely N-dealkylation sites (tertiary alicyclic amines) is 1. The number of hydrogen-bond acceptors (Lipinski definition) is 10. The Morgan fingerprint density at radius 3 is 2.61 bits per heavy atom. The number of nitrogens with zero attached hydrogens (tertiary/aromatic N) is 6. The lowest BCUT2D eigenvalue weighted by molar-refractivity contribution is 0.0308. The maximum Gasteiger partial charge on any atom is 0.360 e. The summed E-state index contributed by atoms with van der Waals surface area (Å²) < 4.78 is 12.0. The number of carbonyl (C=O) groups excluding carboxylic acids is 2. The van der Waals surface area contributed by atoms with Gasteiger partial charge in [-0.2, -0.15) is 5.10 Å². The SMILES string of the molecule is COC(=O)c1nnc(NC(=O)N2CC(O)C2)cc1Nc1cccc(-c2ncn(C)n2)c1OC. The van der Waals surface area contributed by atoms with Gasteiger partial charge in [-0.1, -0.05) is 6.07 Å². The maximum absolute atomic E-state index is 12.3. The minimum atomic E-state index is -0.713. The minimum Gasteiger partial charge on any atom is -0.494 e. The standard InChI is InChI=1S/C20H22N8O5/c1-27-10-21-18(26-27)12-5-4-6-13(17(12)32-2)22-14-7-15(24-25-16(14)19(30)33-3)23-20(31)28-8-11(29)9-28/h4-7,10-11,29H,8-9H2,1-3H3,(H2,22,23,24,31). The summed E-state index contributed by atoms with van der Waals surface area (Å²) in [6, 6.07) is 6.34. The lowest BCUT2D eigenvalue weighted by atomic mass is 10.1. The number of methoxy groups -OCH3 is 2. The van der Waals surface area contributed by atoms with Crippen LogP contribution in [0.15, 0.2) is 30.6 Å². The first-order valence-electron chi connectivity index (χ1n) is 9.89. The van der Waals surface area contributed by atoms with Crippen molar-refractivity contribution in [3.8, 4) is 17.1 Å². The monoisotopic (exact) mass is 454 g/mol. The van der Waals surface area contributed by atoms with Crippen LogP contribution in [-0.2, 0) is 11.8 Å². The van der Waals surface area contributed by atoms with Crippen LogP contribution < -0.4 is 15.4 Å². The number of aromatic nitrogens is 5. The number of para-hydroxylation sites is 1. The van der Waals surface area contributed by atoms with Crippen LogP contribution in [0.25, 0.3) is 11.4 Å². The van der Waals surface area contributed by atoms with Crippen molar-refractivity contribution >= 4 is 29.2 Å². The molecule has 0 atom stereocenters. The number of esters is 1. The third-order valence-corrected chi connectivity index (χ3v) is 4.89. The van der Waals surface area contributed by atoms with Crippen LogP contribution in [0, 0.1) is 0 Å². The van der Waals surface area contributed by atoms with Crippen LogP contribution in [0.5, 0.6) is 5.75 Å². The van der Waals surface area contributed by atoms with Crippen molar-refractivity contribution in [3.05, 3.63) is 36.3 Å². The number of benzene rings is 1. The fraction of sp³-hybridized carbons (Fsp3) is 0.300. The fourth-order valence-electron chi connectivity index (χ4n) is 3.24. The molecule has 1 aliphatic rings. The van der Waals surface area contributed by atoms with Gasteiger partial charge >= 0.3 is 12.0 Å². The van der Waals surface area contributed by atoms with Crippen molar-refractivity contribution in [3.63, 3.8) is 0 Å². The first kappa shape index (κ1) is 22.0. The molecule has 172 valence electrons. The van der Waals surface area contributed by atoms with Crippen LogP contribution in [0.1, 0.15) is 10.5 Å². The van der Waals surface area contributed by atoms with E-state index >= 15 is 0 Å². The highest BCUT2D eigenvalue weighted by atomic mass is 16.5. The molecule has 1 saturated heterocycles. The summed E-state index contributed by atoms with van der Waals surface area (Å²) in [5.41, 5.74) is 1.29. The number of β-amino-alcohol motifs (C(OH)–C–C–N with tert-alkyl or cyclic N) is 1. The molecule has 2 amide bonds. The summed E-state index contributed by atoms with van der Waals surface area (Å²) in [5, 5.41) is 27.2. The van der Waals surface area contributed by atoms with Crippen LogP contribution >= 0.6 is 0 Å². The van der Waals surface area contributed by atoms with E-state index in [1.165, 1.54) is 25.2 Å². The lowest BCUT2D eigenvalue weighted by Crippen LogP contribution is -2.54. The Kier molecular flexibility index (Phi) is 6.04. The van der Waals surface area contributed by atoms with E-state index in [0.29, 0.717) is 22.8 Å². The van der Waals surface area contributed by atoms with Crippen LogP contribution in [0.2, 0.25) is 0 Å². The van der Waals surface area contributed by atoms with E-state index in [-0.39, 0.29) is 30.3 Å². The topological polar surface area (TPSA) is 157 Å². The Morgan fingerprint density at radius 1 is 1.18 bits per heavy atom. The highest BCUT2D eigenvalue weighted by Gasteiger charge is 2.29. The molecular weight excluding hydrogens is 432 g/mol. The Hall–Kier alpha value is -4.26. The van der Waals surface area contributed by atoms with Crippen molar-refractivity contribution in [2.75, 3.05) is 37.9 Å². The van der Waals surface area contributed by atoms with Gasteiger partial charge in [-0.15, -0.1) is 10.2 Å². The quantitative estimate of drug-likeness (QED) is 0.459. The number of aryl methyl sites for hydroxylation is 1. The van der Waals surface area contributed by atoms with E-state index in [0.717, 1.165) is 0 Å². The maximum atomic E-state index is 12.3. The van der Waals surface area contributed by atoms with Crippen molar-refractivity contribution in [1.29, 1.82) is 0 Å². The lowest BCUT2D eigenvalue weighted by Gasteiger charge is -2.35. The Balaban J connectivity index is 1.67. The summed E-state index contributed by atoms with van der Waals surface area (Å²) in [5.74, 6) is 0.300. The molecule has 4 rings (SSSR count). The van der Waals surface area contributed by atoms with Gasteiger partial charge < -0.3 is 24.8 Å². The highest BCUT2D eigenvalue weighted by molar-refractivity contribution is 5.96. The smallest absolute Gasteiger partial charge is 0.360 e. The normalized spacial score (nSPS) is 13.3. The predicted molar refractivity (Wildman–Crippen MR) is 116 cm³/mol. The molecule has 13 nitrogen and oxygen atoms in total. The molecule has 0 spiro atoms.